The minimum Gasteiger partial charge on any atom is -0.453 e. The summed E-state index contributed by atoms with van der Waals surface area (Å²) >= 11 is 6.40. The first-order valence-electron chi connectivity index (χ1n) is 24.0. The number of carbonyl (C=O) groups excluding carboxylic acids is 2. The first-order chi connectivity index (χ1) is 31.8. The Morgan fingerprint density at radius 2 is 1.73 bits per heavy atom. The fourth-order valence-corrected chi connectivity index (χ4v) is 11.6. The van der Waals surface area contributed by atoms with Crippen molar-refractivity contribution >= 4 is 34.2 Å². The molecule has 11 heteroatoms. The van der Waals surface area contributed by atoms with Gasteiger partial charge < -0.3 is 24.3 Å². The molecule has 7 atom stereocenters. The van der Waals surface area contributed by atoms with Gasteiger partial charge in [-0.3, -0.25) is 4.79 Å². The second kappa shape index (κ2) is 19.6. The summed E-state index contributed by atoms with van der Waals surface area (Å²) in [6.45, 7) is 10.9. The van der Waals surface area contributed by atoms with Gasteiger partial charge in [0.1, 0.15) is 11.9 Å². The molecule has 7 nitrogen and oxygen atoms in total. The zero-order chi connectivity index (χ0) is 47.8. The van der Waals surface area contributed by atoms with Crippen LogP contribution in [0.2, 0.25) is 5.02 Å². The molecule has 9 rings (SSSR count). The summed E-state index contributed by atoms with van der Waals surface area (Å²) in [6.07, 6.45) is 2.47. The number of nitrogens with zero attached hydrogens (tertiary/aromatic N) is 1. The standard InChI is InChI=1S/C56H63ClF3NO6/c1-34(2)42-20-16-36(4)28-51(42)67-53(64)61(32-39-13-8-12-38-11-6-7-14-43(38)39)33-55(65)27-25-47-44-21-17-37(29-41(62)19-15-35(3)10-9-26-54(47,55)5)30-45(44)52(63)50-24-23-49(66-50)46-31-40(56(58,59)60)18-22-48(46)57/h6-8,10-14,17-18,21-24,30-31,34,36,41-42,47,51,62,65H,9,15-16,19-20,25-29,32-33H2,1-5H3. The molecule has 67 heavy (non-hydrogen) atoms. The number of amides is 1. The van der Waals surface area contributed by atoms with Crippen molar-refractivity contribution in [3.05, 3.63) is 141 Å². The maximum Gasteiger partial charge on any atom is 0.416 e. The van der Waals surface area contributed by atoms with E-state index in [1.54, 1.807) is 11.0 Å². The number of hydrogen-bond donors (Lipinski definition) is 2. The SMILES string of the molecule is CC1=CCCC2(C)C(CCC2(O)CN(Cc2cccc3ccccc23)C(=O)OC2CC(C)CCC2C(C)C)c2ccc(cc2C(=O)c2ccc(-c3cc(C(F)(F)F)ccc3Cl)o2)CC(O)CC1. The Balaban J connectivity index is 1.19. The summed E-state index contributed by atoms with van der Waals surface area (Å²) < 4.78 is 53.9. The number of allylic oxidation sites excluding steroid dienone is 2. The zero-order valence-corrected chi connectivity index (χ0v) is 39.9. The molecular weight excluding hydrogens is 875 g/mol. The van der Waals surface area contributed by atoms with Crippen LogP contribution in [-0.4, -0.2) is 51.3 Å². The molecule has 4 aliphatic carbocycles. The van der Waals surface area contributed by atoms with Crippen LogP contribution in [0, 0.1) is 23.2 Å². The number of benzene rings is 4. The molecule has 4 aliphatic rings. The van der Waals surface area contributed by atoms with E-state index >= 15 is 0 Å². The Hall–Kier alpha value is -4.90. The van der Waals surface area contributed by atoms with Crippen LogP contribution in [0.1, 0.15) is 137 Å². The fraction of sp³-hybridized carbons (Fsp3) is 0.464. The molecule has 0 spiro atoms. The van der Waals surface area contributed by atoms with Crippen molar-refractivity contribution in [1.29, 1.82) is 0 Å². The number of carbonyl (C=O) groups is 2. The number of fused-ring (bicyclic) bond motifs is 9. The van der Waals surface area contributed by atoms with E-state index in [4.69, 9.17) is 20.8 Å². The average Bonchev–Trinajstić information content (AvgIpc) is 3.87. The van der Waals surface area contributed by atoms with Crippen molar-refractivity contribution in [3.8, 4) is 11.3 Å². The van der Waals surface area contributed by atoms with E-state index in [1.807, 2.05) is 48.5 Å². The Morgan fingerprint density at radius 1 is 0.955 bits per heavy atom. The van der Waals surface area contributed by atoms with Crippen LogP contribution < -0.4 is 0 Å². The highest BCUT2D eigenvalue weighted by molar-refractivity contribution is 6.33. The second-order valence-corrected chi connectivity index (χ2v) is 20.8. The third-order valence-corrected chi connectivity index (χ3v) is 15.8. The van der Waals surface area contributed by atoms with E-state index in [0.29, 0.717) is 67.9 Å². The summed E-state index contributed by atoms with van der Waals surface area (Å²) in [6, 6.07) is 25.6. The molecule has 1 heterocycles. The maximum atomic E-state index is 14.9. The normalized spacial score (nSPS) is 26.0. The van der Waals surface area contributed by atoms with Crippen molar-refractivity contribution in [2.24, 2.45) is 23.2 Å². The van der Waals surface area contributed by atoms with Crippen LogP contribution in [-0.2, 0) is 23.9 Å². The molecule has 2 N–H and O–H groups in total. The number of ether oxygens (including phenoxy) is 1. The molecule has 0 radical (unpaired) electrons. The maximum absolute atomic E-state index is 14.9. The average molecular weight is 939 g/mol. The Kier molecular flexibility index (Phi) is 14.2. The molecule has 2 saturated carbocycles. The number of ketones is 1. The monoisotopic (exact) mass is 937 g/mol. The van der Waals surface area contributed by atoms with Crippen molar-refractivity contribution in [2.45, 2.75) is 135 Å². The minimum atomic E-state index is -4.62. The summed E-state index contributed by atoms with van der Waals surface area (Å²) in [5, 5.41) is 26.7. The van der Waals surface area contributed by atoms with Crippen LogP contribution in [0.15, 0.2) is 107 Å². The second-order valence-electron chi connectivity index (χ2n) is 20.4. The van der Waals surface area contributed by atoms with Crippen LogP contribution in [0.3, 0.4) is 0 Å². The van der Waals surface area contributed by atoms with Crippen LogP contribution in [0.5, 0.6) is 0 Å². The predicted molar refractivity (Wildman–Crippen MR) is 257 cm³/mol. The fourth-order valence-electron chi connectivity index (χ4n) is 11.4. The largest absolute Gasteiger partial charge is 0.453 e. The van der Waals surface area contributed by atoms with E-state index < -0.39 is 40.7 Å². The highest BCUT2D eigenvalue weighted by atomic mass is 35.5. The lowest BCUT2D eigenvalue weighted by atomic mass is 9.64. The van der Waals surface area contributed by atoms with Gasteiger partial charge in [-0.1, -0.05) is 112 Å². The smallest absolute Gasteiger partial charge is 0.416 e. The Labute approximate surface area is 397 Å². The Bertz CT molecular complexity index is 2630. The minimum absolute atomic E-state index is 0.00295. The van der Waals surface area contributed by atoms with Crippen molar-refractivity contribution < 1.29 is 42.1 Å². The Morgan fingerprint density at radius 3 is 2.51 bits per heavy atom. The van der Waals surface area contributed by atoms with Crippen molar-refractivity contribution in [3.63, 3.8) is 0 Å². The van der Waals surface area contributed by atoms with Gasteiger partial charge in [0.2, 0.25) is 5.78 Å². The topological polar surface area (TPSA) is 100 Å². The quantitative estimate of drug-likeness (QED) is 0.113. The summed E-state index contributed by atoms with van der Waals surface area (Å²) in [7, 11) is 0. The van der Waals surface area contributed by atoms with Crippen molar-refractivity contribution in [1.82, 2.24) is 4.90 Å². The number of furan rings is 1. The number of alkyl halides is 3. The lowest BCUT2D eigenvalue weighted by molar-refractivity contribution is -0.137. The third-order valence-electron chi connectivity index (χ3n) is 15.5. The summed E-state index contributed by atoms with van der Waals surface area (Å²) in [5.74, 6) is 0.0305. The third kappa shape index (κ3) is 10.3. The predicted octanol–water partition coefficient (Wildman–Crippen LogP) is 14.1. The number of rotatable bonds is 9. The van der Waals surface area contributed by atoms with Gasteiger partial charge in [0.05, 0.1) is 28.8 Å². The molecule has 1 amide bonds. The van der Waals surface area contributed by atoms with Crippen LogP contribution in [0.25, 0.3) is 22.1 Å². The van der Waals surface area contributed by atoms with E-state index in [0.717, 1.165) is 64.9 Å². The van der Waals surface area contributed by atoms with Gasteiger partial charge in [-0.25, -0.2) is 4.79 Å². The highest BCUT2D eigenvalue weighted by Gasteiger charge is 2.58. The van der Waals surface area contributed by atoms with E-state index in [-0.39, 0.29) is 53.1 Å². The van der Waals surface area contributed by atoms with Gasteiger partial charge in [0.25, 0.3) is 0 Å². The zero-order valence-electron chi connectivity index (χ0n) is 39.2. The van der Waals surface area contributed by atoms with Gasteiger partial charge in [-0.15, -0.1) is 0 Å². The van der Waals surface area contributed by atoms with Crippen LogP contribution >= 0.6 is 11.6 Å². The molecule has 2 fully saturated rings. The first kappa shape index (κ1) is 48.6. The van der Waals surface area contributed by atoms with E-state index in [9.17, 15) is 33.0 Å². The van der Waals surface area contributed by atoms with Crippen molar-refractivity contribution in [2.75, 3.05) is 6.54 Å². The lowest BCUT2D eigenvalue weighted by Gasteiger charge is -2.46. The molecule has 7 unspecified atom stereocenters. The number of halogens is 4. The van der Waals surface area contributed by atoms with Gasteiger partial charge in [0.15, 0.2) is 5.76 Å². The van der Waals surface area contributed by atoms with Gasteiger partial charge >= 0.3 is 12.3 Å². The number of hydrogen-bond acceptors (Lipinski definition) is 6. The molecule has 0 aliphatic heterocycles. The van der Waals surface area contributed by atoms with Gasteiger partial charge in [-0.2, -0.15) is 13.2 Å². The van der Waals surface area contributed by atoms with Gasteiger partial charge in [-0.05, 0) is 152 Å². The van der Waals surface area contributed by atoms with Gasteiger partial charge in [0, 0.05) is 23.1 Å². The molecular formula is C56H63ClF3NO6. The first-order valence-corrected chi connectivity index (χ1v) is 24.3. The molecule has 2 bridgehead atoms. The molecule has 4 aromatic carbocycles. The molecule has 356 valence electrons. The molecule has 1 aromatic heterocycles. The number of aliphatic hydroxyl groups is 2. The van der Waals surface area contributed by atoms with E-state index in [2.05, 4.69) is 46.8 Å². The molecule has 5 aromatic rings. The lowest BCUT2D eigenvalue weighted by Crippen LogP contribution is -2.54. The highest BCUT2D eigenvalue weighted by Crippen LogP contribution is 2.59. The summed E-state index contributed by atoms with van der Waals surface area (Å²) in [5.41, 5.74) is 0.603. The van der Waals surface area contributed by atoms with Crippen LogP contribution in [0.4, 0.5) is 18.0 Å². The number of aliphatic hydroxyl groups excluding tert-OH is 1. The summed E-state index contributed by atoms with van der Waals surface area (Å²) in [4.78, 5) is 31.5. The molecule has 0 saturated heterocycles. The van der Waals surface area contributed by atoms with E-state index in [1.165, 1.54) is 12.1 Å².